The SMILES string of the molecule is CC1C(=O)N(C)CCN1C(=O)c1ccccc1OC1CC1. The van der Waals surface area contributed by atoms with E-state index in [1.165, 1.54) is 0 Å². The van der Waals surface area contributed by atoms with Crippen LogP contribution in [0, 0.1) is 0 Å². The van der Waals surface area contributed by atoms with Gasteiger partial charge >= 0.3 is 0 Å². The van der Waals surface area contributed by atoms with Gasteiger partial charge in [0.2, 0.25) is 5.91 Å². The van der Waals surface area contributed by atoms with Crippen LogP contribution < -0.4 is 4.74 Å². The summed E-state index contributed by atoms with van der Waals surface area (Å²) in [6.07, 6.45) is 2.34. The quantitative estimate of drug-likeness (QED) is 0.847. The number of para-hydroxylation sites is 1. The molecule has 1 aromatic carbocycles. The van der Waals surface area contributed by atoms with Crippen LogP contribution in [0.1, 0.15) is 30.1 Å². The van der Waals surface area contributed by atoms with Crippen LogP contribution in [0.2, 0.25) is 0 Å². The molecule has 0 aromatic heterocycles. The number of nitrogens with zero attached hydrogens (tertiary/aromatic N) is 2. The average Bonchev–Trinajstić information content (AvgIpc) is 3.29. The number of rotatable bonds is 3. The first kappa shape index (κ1) is 13.9. The van der Waals surface area contributed by atoms with Gasteiger partial charge in [0.15, 0.2) is 0 Å². The van der Waals surface area contributed by atoms with E-state index in [4.69, 9.17) is 4.74 Å². The molecular weight excluding hydrogens is 268 g/mol. The standard InChI is InChI=1S/C16H20N2O3/c1-11-15(19)17(2)9-10-18(11)16(20)13-5-3-4-6-14(13)21-12-7-8-12/h3-6,11-12H,7-10H2,1-2H3. The maximum atomic E-state index is 12.8. The Morgan fingerprint density at radius 2 is 1.95 bits per heavy atom. The van der Waals surface area contributed by atoms with Crippen LogP contribution in [0.15, 0.2) is 24.3 Å². The molecule has 2 amide bonds. The molecule has 2 fully saturated rings. The Hall–Kier alpha value is -2.04. The summed E-state index contributed by atoms with van der Waals surface area (Å²) in [6.45, 7) is 2.90. The maximum Gasteiger partial charge on any atom is 0.258 e. The van der Waals surface area contributed by atoms with Crippen LogP contribution in [0.5, 0.6) is 5.75 Å². The minimum atomic E-state index is -0.426. The smallest absolute Gasteiger partial charge is 0.258 e. The Bertz CT molecular complexity index is 568. The van der Waals surface area contributed by atoms with Gasteiger partial charge in [-0.3, -0.25) is 9.59 Å². The summed E-state index contributed by atoms with van der Waals surface area (Å²) in [5, 5.41) is 0. The molecule has 3 rings (SSSR count). The fourth-order valence-electron chi connectivity index (χ4n) is 2.56. The van der Waals surface area contributed by atoms with Crippen LogP contribution >= 0.6 is 0 Å². The molecule has 5 heteroatoms. The molecule has 0 N–H and O–H groups in total. The van der Waals surface area contributed by atoms with Crippen molar-refractivity contribution >= 4 is 11.8 Å². The number of piperazine rings is 1. The van der Waals surface area contributed by atoms with Gasteiger partial charge in [0.1, 0.15) is 11.8 Å². The van der Waals surface area contributed by atoms with Crippen molar-refractivity contribution in [3.05, 3.63) is 29.8 Å². The van der Waals surface area contributed by atoms with Gasteiger partial charge in [0.25, 0.3) is 5.91 Å². The Kier molecular flexibility index (Phi) is 3.57. The molecule has 0 spiro atoms. The van der Waals surface area contributed by atoms with Gasteiger partial charge in [-0.05, 0) is 31.9 Å². The second-order valence-corrected chi connectivity index (χ2v) is 5.75. The highest BCUT2D eigenvalue weighted by atomic mass is 16.5. The lowest BCUT2D eigenvalue weighted by atomic mass is 10.1. The highest BCUT2D eigenvalue weighted by Gasteiger charge is 2.34. The van der Waals surface area contributed by atoms with Gasteiger partial charge in [-0.15, -0.1) is 0 Å². The minimum absolute atomic E-state index is 0.0183. The lowest BCUT2D eigenvalue weighted by Gasteiger charge is -2.37. The first-order valence-corrected chi connectivity index (χ1v) is 7.39. The van der Waals surface area contributed by atoms with Crippen molar-refractivity contribution in [2.45, 2.75) is 31.9 Å². The van der Waals surface area contributed by atoms with E-state index in [0.29, 0.717) is 24.4 Å². The topological polar surface area (TPSA) is 49.9 Å². The lowest BCUT2D eigenvalue weighted by molar-refractivity contribution is -0.137. The number of carbonyl (C=O) groups is 2. The molecule has 0 bridgehead atoms. The number of likely N-dealkylation sites (N-methyl/N-ethyl adjacent to an activating group) is 1. The number of amides is 2. The third-order valence-corrected chi connectivity index (χ3v) is 4.07. The van der Waals surface area contributed by atoms with Gasteiger partial charge in [-0.1, -0.05) is 12.1 Å². The minimum Gasteiger partial charge on any atom is -0.490 e. The maximum absolute atomic E-state index is 12.8. The molecule has 1 aromatic rings. The largest absolute Gasteiger partial charge is 0.490 e. The zero-order valence-electron chi connectivity index (χ0n) is 12.4. The van der Waals surface area contributed by atoms with Gasteiger partial charge in [-0.2, -0.15) is 0 Å². The van der Waals surface area contributed by atoms with Crippen LogP contribution in [0.4, 0.5) is 0 Å². The Morgan fingerprint density at radius 3 is 2.67 bits per heavy atom. The molecule has 1 saturated heterocycles. The predicted octanol–water partition coefficient (Wildman–Crippen LogP) is 1.53. The molecule has 1 atom stereocenters. The number of benzene rings is 1. The van der Waals surface area contributed by atoms with E-state index in [0.717, 1.165) is 12.8 Å². The Labute approximate surface area is 124 Å². The van der Waals surface area contributed by atoms with Crippen molar-refractivity contribution in [1.82, 2.24) is 9.80 Å². The molecule has 1 heterocycles. The van der Waals surface area contributed by atoms with E-state index >= 15 is 0 Å². The molecule has 5 nitrogen and oxygen atoms in total. The Morgan fingerprint density at radius 1 is 1.24 bits per heavy atom. The molecule has 1 aliphatic heterocycles. The molecule has 1 unspecified atom stereocenters. The molecular formula is C16H20N2O3. The van der Waals surface area contributed by atoms with Crippen molar-refractivity contribution in [3.8, 4) is 5.75 Å². The van der Waals surface area contributed by atoms with Crippen molar-refractivity contribution < 1.29 is 14.3 Å². The molecule has 1 saturated carbocycles. The third kappa shape index (κ3) is 2.73. The second kappa shape index (κ2) is 5.39. The van der Waals surface area contributed by atoms with E-state index in [2.05, 4.69) is 0 Å². The summed E-state index contributed by atoms with van der Waals surface area (Å²) < 4.78 is 5.81. The number of hydrogen-bond donors (Lipinski definition) is 0. The molecule has 112 valence electrons. The van der Waals surface area contributed by atoms with Gasteiger partial charge in [0, 0.05) is 20.1 Å². The van der Waals surface area contributed by atoms with Gasteiger partial charge < -0.3 is 14.5 Å². The van der Waals surface area contributed by atoms with Crippen molar-refractivity contribution in [3.63, 3.8) is 0 Å². The molecule has 0 radical (unpaired) electrons. The fraction of sp³-hybridized carbons (Fsp3) is 0.500. The highest BCUT2D eigenvalue weighted by Crippen LogP contribution is 2.30. The van der Waals surface area contributed by atoms with Crippen molar-refractivity contribution in [2.75, 3.05) is 20.1 Å². The predicted molar refractivity (Wildman–Crippen MR) is 78.2 cm³/mol. The average molecular weight is 288 g/mol. The lowest BCUT2D eigenvalue weighted by Crippen LogP contribution is -2.56. The third-order valence-electron chi connectivity index (χ3n) is 4.07. The fourth-order valence-corrected chi connectivity index (χ4v) is 2.56. The second-order valence-electron chi connectivity index (χ2n) is 5.75. The zero-order valence-corrected chi connectivity index (χ0v) is 12.4. The summed E-state index contributed by atoms with van der Waals surface area (Å²) in [5.74, 6) is 0.485. The summed E-state index contributed by atoms with van der Waals surface area (Å²) in [5.41, 5.74) is 0.550. The number of carbonyl (C=O) groups excluding carboxylic acids is 2. The molecule has 2 aliphatic rings. The normalized spacial score (nSPS) is 22.4. The van der Waals surface area contributed by atoms with Gasteiger partial charge in [0.05, 0.1) is 11.7 Å². The van der Waals surface area contributed by atoms with E-state index in [1.54, 1.807) is 29.8 Å². The monoisotopic (exact) mass is 288 g/mol. The summed E-state index contributed by atoms with van der Waals surface area (Å²) >= 11 is 0. The molecule has 1 aliphatic carbocycles. The van der Waals surface area contributed by atoms with E-state index in [1.807, 2.05) is 18.2 Å². The van der Waals surface area contributed by atoms with Gasteiger partial charge in [-0.25, -0.2) is 0 Å². The molecule has 21 heavy (non-hydrogen) atoms. The summed E-state index contributed by atoms with van der Waals surface area (Å²) in [4.78, 5) is 28.1. The van der Waals surface area contributed by atoms with Crippen LogP contribution in [-0.4, -0.2) is 53.9 Å². The number of hydrogen-bond acceptors (Lipinski definition) is 3. The Balaban J connectivity index is 1.83. The first-order chi connectivity index (χ1) is 10.1. The van der Waals surface area contributed by atoms with Crippen LogP contribution in [0.25, 0.3) is 0 Å². The van der Waals surface area contributed by atoms with E-state index in [-0.39, 0.29) is 17.9 Å². The van der Waals surface area contributed by atoms with Crippen molar-refractivity contribution in [1.29, 1.82) is 0 Å². The number of ether oxygens (including phenoxy) is 1. The summed E-state index contributed by atoms with van der Waals surface area (Å²) in [7, 11) is 1.77. The van der Waals surface area contributed by atoms with E-state index < -0.39 is 6.04 Å². The van der Waals surface area contributed by atoms with Crippen LogP contribution in [0.3, 0.4) is 0 Å². The van der Waals surface area contributed by atoms with Crippen molar-refractivity contribution in [2.24, 2.45) is 0 Å². The van der Waals surface area contributed by atoms with E-state index in [9.17, 15) is 9.59 Å². The zero-order chi connectivity index (χ0) is 15.0. The first-order valence-electron chi connectivity index (χ1n) is 7.39. The van der Waals surface area contributed by atoms with Crippen LogP contribution in [-0.2, 0) is 4.79 Å². The summed E-state index contributed by atoms with van der Waals surface area (Å²) in [6, 6.07) is 6.87. The highest BCUT2D eigenvalue weighted by molar-refractivity contribution is 6.00.